The van der Waals surface area contributed by atoms with Gasteiger partial charge in [-0.05, 0) is 63.6 Å². The van der Waals surface area contributed by atoms with Crippen molar-refractivity contribution in [3.63, 3.8) is 0 Å². The van der Waals surface area contributed by atoms with Crippen LogP contribution in [0.1, 0.15) is 38.1 Å². The molecule has 0 spiro atoms. The maximum Gasteiger partial charge on any atom is 0.0631 e. The van der Waals surface area contributed by atoms with Crippen LogP contribution in [0, 0.1) is 6.92 Å². The van der Waals surface area contributed by atoms with Crippen LogP contribution in [0.2, 0.25) is 0 Å². The number of thiophene rings is 1. The molecule has 18 heavy (non-hydrogen) atoms. The van der Waals surface area contributed by atoms with E-state index in [9.17, 15) is 0 Å². The van der Waals surface area contributed by atoms with Gasteiger partial charge in [-0.15, -0.1) is 11.3 Å². The lowest BCUT2D eigenvalue weighted by Gasteiger charge is -2.13. The predicted molar refractivity (Wildman–Crippen MR) is 86.1 cm³/mol. The van der Waals surface area contributed by atoms with Gasteiger partial charge in [0, 0.05) is 9.45 Å². The highest BCUT2D eigenvalue weighted by molar-refractivity contribution is 7.99. The third kappa shape index (κ3) is 2.96. The van der Waals surface area contributed by atoms with E-state index in [1.54, 1.807) is 11.9 Å². The summed E-state index contributed by atoms with van der Waals surface area (Å²) < 4.78 is 6.19. The summed E-state index contributed by atoms with van der Waals surface area (Å²) in [7, 11) is 0. The summed E-state index contributed by atoms with van der Waals surface area (Å²) >= 11 is 3.49. The van der Waals surface area contributed by atoms with Crippen LogP contribution in [0.5, 0.6) is 0 Å². The second kappa shape index (κ2) is 5.06. The lowest BCUT2D eigenvalue weighted by molar-refractivity contribution is 0.804. The minimum absolute atomic E-state index is 0.172. The van der Waals surface area contributed by atoms with Gasteiger partial charge in [-0.1, -0.05) is 18.2 Å². The molecule has 0 saturated carbocycles. The molecule has 0 fully saturated rings. The van der Waals surface area contributed by atoms with Crippen molar-refractivity contribution in [2.75, 3.05) is 0 Å². The average molecular weight is 277 g/mol. The van der Waals surface area contributed by atoms with Gasteiger partial charge in [-0.2, -0.15) is 0 Å². The molecule has 0 atom stereocenters. The molecule has 1 aromatic carbocycles. The molecule has 1 heterocycles. The normalized spacial score (nSPS) is 13.3. The number of aryl methyl sites for hydroxylation is 1. The average Bonchev–Trinajstić information content (AvgIpc) is 2.64. The summed E-state index contributed by atoms with van der Waals surface area (Å²) in [5.41, 5.74) is 2.49. The Bertz CT molecular complexity index is 588. The van der Waals surface area contributed by atoms with Gasteiger partial charge < -0.3 is 0 Å². The Morgan fingerprint density at radius 2 is 1.89 bits per heavy atom. The van der Waals surface area contributed by atoms with Gasteiger partial charge >= 0.3 is 0 Å². The third-order valence-electron chi connectivity index (χ3n) is 2.63. The Kier molecular flexibility index (Phi) is 3.83. The molecule has 0 unspecified atom stereocenters. The Labute approximate surface area is 117 Å². The molecule has 0 bridgehead atoms. The van der Waals surface area contributed by atoms with Gasteiger partial charge in [0.15, 0.2) is 0 Å². The smallest absolute Gasteiger partial charge is 0.0631 e. The first-order valence-corrected chi connectivity index (χ1v) is 7.69. The molecule has 0 saturated heterocycles. The van der Waals surface area contributed by atoms with Crippen molar-refractivity contribution < 1.29 is 0 Å². The first kappa shape index (κ1) is 13.6. The number of nitrogens with zero attached hydrogens (tertiary/aromatic N) is 1. The highest BCUT2D eigenvalue weighted by Gasteiger charge is 2.13. The van der Waals surface area contributed by atoms with Gasteiger partial charge in [-0.3, -0.25) is 0 Å². The van der Waals surface area contributed by atoms with E-state index < -0.39 is 0 Å². The largest absolute Gasteiger partial charge is 0.219 e. The minimum atomic E-state index is 0.172. The van der Waals surface area contributed by atoms with Gasteiger partial charge in [0.2, 0.25) is 0 Å². The van der Waals surface area contributed by atoms with Gasteiger partial charge in [0.05, 0.1) is 10.6 Å². The molecule has 1 nitrogen and oxygen atoms in total. The monoisotopic (exact) mass is 277 g/mol. The summed E-state index contributed by atoms with van der Waals surface area (Å²) in [5.74, 6) is 0. The van der Waals surface area contributed by atoms with E-state index in [2.05, 4.69) is 63.3 Å². The van der Waals surface area contributed by atoms with E-state index in [0.29, 0.717) is 0 Å². The number of hydrogen-bond acceptors (Lipinski definition) is 3. The van der Waals surface area contributed by atoms with Crippen LogP contribution in [-0.4, -0.2) is 10.5 Å². The summed E-state index contributed by atoms with van der Waals surface area (Å²) in [6.45, 7) is 10.9. The van der Waals surface area contributed by atoms with Crippen molar-refractivity contribution in [3.05, 3.63) is 34.7 Å². The zero-order valence-corrected chi connectivity index (χ0v) is 13.2. The summed E-state index contributed by atoms with van der Waals surface area (Å²) in [6, 6.07) is 8.57. The molecule has 1 aromatic heterocycles. The molecule has 0 N–H and O–H groups in total. The van der Waals surface area contributed by atoms with Crippen molar-refractivity contribution in [1.82, 2.24) is 0 Å². The van der Waals surface area contributed by atoms with Crippen molar-refractivity contribution in [2.45, 2.75) is 39.4 Å². The van der Waals surface area contributed by atoms with Crippen LogP contribution in [-0.2, 0) is 0 Å². The first-order chi connectivity index (χ1) is 8.38. The van der Waals surface area contributed by atoms with E-state index in [4.69, 9.17) is 0 Å². The Hall–Kier alpha value is -0.800. The van der Waals surface area contributed by atoms with E-state index in [0.717, 1.165) is 5.71 Å². The number of benzene rings is 1. The maximum absolute atomic E-state index is 4.67. The van der Waals surface area contributed by atoms with Crippen LogP contribution in [0.4, 0.5) is 0 Å². The minimum Gasteiger partial charge on any atom is -0.219 e. The summed E-state index contributed by atoms with van der Waals surface area (Å²) in [4.78, 5) is 1.31. The Balaban J connectivity index is 2.39. The fraction of sp³-hybridized carbons (Fsp3) is 0.400. The third-order valence-corrected chi connectivity index (χ3v) is 4.92. The van der Waals surface area contributed by atoms with E-state index in [1.165, 1.54) is 20.5 Å². The van der Waals surface area contributed by atoms with Crippen LogP contribution >= 0.6 is 23.3 Å². The molecule has 96 valence electrons. The molecule has 2 rings (SSSR count). The van der Waals surface area contributed by atoms with Crippen LogP contribution in [0.3, 0.4) is 0 Å². The van der Waals surface area contributed by atoms with Crippen LogP contribution < -0.4 is 0 Å². The standard InChI is InChI=1S/C15H19NS2/c1-10-12-8-6-7-9-13(12)17-14(10)11(2)16-18-15(3,4)5/h6-9H,1-5H3. The van der Waals surface area contributed by atoms with E-state index >= 15 is 0 Å². The highest BCUT2D eigenvalue weighted by atomic mass is 32.2. The van der Waals surface area contributed by atoms with Gasteiger partial charge in [0.1, 0.15) is 0 Å². The fourth-order valence-electron chi connectivity index (χ4n) is 1.77. The van der Waals surface area contributed by atoms with Crippen LogP contribution in [0.15, 0.2) is 28.7 Å². The topological polar surface area (TPSA) is 12.4 Å². The lowest BCUT2D eigenvalue weighted by Crippen LogP contribution is -2.06. The quantitative estimate of drug-likeness (QED) is 0.524. The Morgan fingerprint density at radius 3 is 2.50 bits per heavy atom. The molecule has 2 aromatic rings. The molecule has 0 aliphatic carbocycles. The molecule has 0 aliphatic heterocycles. The SMILES string of the molecule is CC(=NSC(C)(C)C)c1sc2ccccc2c1C. The molecular formula is C15H19NS2. The zero-order valence-electron chi connectivity index (χ0n) is 11.6. The number of fused-ring (bicyclic) bond motifs is 1. The van der Waals surface area contributed by atoms with Gasteiger partial charge in [0.25, 0.3) is 0 Å². The van der Waals surface area contributed by atoms with Gasteiger partial charge in [-0.25, -0.2) is 4.40 Å². The second-order valence-corrected chi connectivity index (χ2v) is 8.07. The number of rotatable bonds is 2. The molecule has 0 amide bonds. The second-order valence-electron chi connectivity index (χ2n) is 5.43. The van der Waals surface area contributed by atoms with Crippen molar-refractivity contribution in [3.8, 4) is 0 Å². The highest BCUT2D eigenvalue weighted by Crippen LogP contribution is 2.32. The lowest BCUT2D eigenvalue weighted by atomic mass is 10.1. The predicted octanol–water partition coefficient (Wildman–Crippen LogP) is 5.47. The summed E-state index contributed by atoms with van der Waals surface area (Å²) in [6.07, 6.45) is 0. The maximum atomic E-state index is 4.67. The fourth-order valence-corrected chi connectivity index (χ4v) is 3.48. The first-order valence-electron chi connectivity index (χ1n) is 6.10. The van der Waals surface area contributed by atoms with Crippen LogP contribution in [0.25, 0.3) is 10.1 Å². The summed E-state index contributed by atoms with van der Waals surface area (Å²) in [5, 5.41) is 1.35. The number of hydrogen-bond donors (Lipinski definition) is 0. The van der Waals surface area contributed by atoms with Crippen molar-refractivity contribution >= 4 is 39.1 Å². The Morgan fingerprint density at radius 1 is 1.22 bits per heavy atom. The van der Waals surface area contributed by atoms with Crippen molar-refractivity contribution in [2.24, 2.45) is 4.40 Å². The molecular weight excluding hydrogens is 258 g/mol. The molecule has 0 aliphatic rings. The van der Waals surface area contributed by atoms with E-state index in [1.807, 2.05) is 11.3 Å². The van der Waals surface area contributed by atoms with Crippen molar-refractivity contribution in [1.29, 1.82) is 0 Å². The zero-order chi connectivity index (χ0) is 13.3. The molecule has 0 radical (unpaired) electrons. The molecule has 3 heteroatoms. The van der Waals surface area contributed by atoms with E-state index in [-0.39, 0.29) is 4.75 Å².